The van der Waals surface area contributed by atoms with E-state index >= 15 is 0 Å². The second-order valence-corrected chi connectivity index (χ2v) is 6.46. The van der Waals surface area contributed by atoms with Crippen LogP contribution < -0.4 is 10.1 Å². The van der Waals surface area contributed by atoms with Crippen LogP contribution in [-0.4, -0.2) is 34.0 Å². The first-order valence-electron chi connectivity index (χ1n) is 8.38. The van der Waals surface area contributed by atoms with Gasteiger partial charge in [0.25, 0.3) is 0 Å². The number of anilines is 1. The van der Waals surface area contributed by atoms with Crippen LogP contribution in [0.5, 0.6) is 11.6 Å². The van der Waals surface area contributed by atoms with Crippen molar-refractivity contribution >= 4 is 11.7 Å². The molecular weight excluding hydrogens is 304 g/mol. The van der Waals surface area contributed by atoms with Gasteiger partial charge < -0.3 is 15.0 Å². The molecule has 2 aromatic rings. The third-order valence-corrected chi connectivity index (χ3v) is 4.86. The van der Waals surface area contributed by atoms with Crippen molar-refractivity contribution in [3.63, 3.8) is 0 Å². The van der Waals surface area contributed by atoms with Gasteiger partial charge in [0.15, 0.2) is 0 Å². The third kappa shape index (κ3) is 3.18. The second-order valence-electron chi connectivity index (χ2n) is 6.46. The number of ether oxygens (including phenoxy) is 1. The maximum Gasteiger partial charge on any atom is 0.321 e. The average molecular weight is 324 g/mol. The van der Waals surface area contributed by atoms with Gasteiger partial charge in [-0.05, 0) is 42.9 Å². The lowest BCUT2D eigenvalue weighted by atomic mass is 10.0. The molecule has 1 N–H and O–H groups in total. The number of hydrogen-bond donors (Lipinski definition) is 1. The molecule has 4 rings (SSSR count). The number of nitrogens with one attached hydrogen (secondary N) is 1. The van der Waals surface area contributed by atoms with Crippen LogP contribution in [-0.2, 0) is 0 Å². The van der Waals surface area contributed by atoms with E-state index in [2.05, 4.69) is 15.3 Å². The third-order valence-electron chi connectivity index (χ3n) is 4.86. The fraction of sp³-hybridized carbons (Fsp3) is 0.389. The summed E-state index contributed by atoms with van der Waals surface area (Å²) in [6.07, 6.45) is 8.76. The van der Waals surface area contributed by atoms with E-state index in [1.54, 1.807) is 36.8 Å². The Morgan fingerprint density at radius 1 is 1.17 bits per heavy atom. The largest absolute Gasteiger partial charge is 0.437 e. The Bertz CT molecular complexity index is 693. The van der Waals surface area contributed by atoms with E-state index in [1.165, 1.54) is 19.3 Å². The number of aromatic nitrogens is 2. The number of carbonyl (C=O) groups excluding carboxylic acids is 1. The Morgan fingerprint density at radius 2 is 2.00 bits per heavy atom. The van der Waals surface area contributed by atoms with Gasteiger partial charge in [-0.25, -0.2) is 9.78 Å². The fourth-order valence-electron chi connectivity index (χ4n) is 3.65. The van der Waals surface area contributed by atoms with E-state index < -0.39 is 0 Å². The van der Waals surface area contributed by atoms with Crippen LogP contribution in [0.2, 0.25) is 0 Å². The Morgan fingerprint density at radius 3 is 2.67 bits per heavy atom. The van der Waals surface area contributed by atoms with Crippen molar-refractivity contribution in [2.75, 3.05) is 18.4 Å². The first-order valence-corrected chi connectivity index (χ1v) is 8.38. The predicted octanol–water partition coefficient (Wildman–Crippen LogP) is 3.53. The lowest BCUT2D eigenvalue weighted by Crippen LogP contribution is -2.33. The number of fused-ring (bicyclic) bond motifs is 1. The van der Waals surface area contributed by atoms with E-state index in [0.29, 0.717) is 29.2 Å². The molecule has 0 radical (unpaired) electrons. The second kappa shape index (κ2) is 6.47. The van der Waals surface area contributed by atoms with Crippen molar-refractivity contribution in [3.8, 4) is 11.6 Å². The molecule has 3 heterocycles. The smallest absolute Gasteiger partial charge is 0.321 e. The van der Waals surface area contributed by atoms with Crippen molar-refractivity contribution in [2.45, 2.75) is 19.3 Å². The number of rotatable bonds is 3. The Balaban J connectivity index is 1.34. The molecule has 1 saturated carbocycles. The lowest BCUT2D eigenvalue weighted by Gasteiger charge is -2.18. The van der Waals surface area contributed by atoms with Gasteiger partial charge in [0.1, 0.15) is 5.75 Å². The number of amides is 2. The monoisotopic (exact) mass is 324 g/mol. The first-order chi connectivity index (χ1) is 11.8. The number of carbonyl (C=O) groups is 1. The minimum atomic E-state index is -0.0351. The summed E-state index contributed by atoms with van der Waals surface area (Å²) in [4.78, 5) is 22.5. The number of hydrogen-bond acceptors (Lipinski definition) is 4. The van der Waals surface area contributed by atoms with Gasteiger partial charge in [0.2, 0.25) is 5.88 Å². The number of urea groups is 1. The van der Waals surface area contributed by atoms with Crippen molar-refractivity contribution in [3.05, 3.63) is 42.9 Å². The minimum absolute atomic E-state index is 0.0351. The van der Waals surface area contributed by atoms with Crippen molar-refractivity contribution in [1.82, 2.24) is 14.9 Å². The van der Waals surface area contributed by atoms with Gasteiger partial charge in [-0.15, -0.1) is 0 Å². The fourth-order valence-corrected chi connectivity index (χ4v) is 3.65. The van der Waals surface area contributed by atoms with Gasteiger partial charge in [-0.2, -0.15) is 0 Å². The minimum Gasteiger partial charge on any atom is -0.437 e. The Labute approximate surface area is 140 Å². The van der Waals surface area contributed by atoms with Crippen LogP contribution in [0.1, 0.15) is 19.3 Å². The topological polar surface area (TPSA) is 67.3 Å². The SMILES string of the molecule is O=C(Nc1ccc(Oc2cccnc2)nc1)N1C[C@H]2CCC[C@H]2C1. The lowest BCUT2D eigenvalue weighted by molar-refractivity contribution is 0.219. The molecule has 0 bridgehead atoms. The van der Waals surface area contributed by atoms with Crippen LogP contribution in [0.15, 0.2) is 42.9 Å². The van der Waals surface area contributed by atoms with Crippen LogP contribution in [0.25, 0.3) is 0 Å². The molecule has 2 fully saturated rings. The number of pyridine rings is 2. The molecule has 24 heavy (non-hydrogen) atoms. The molecule has 6 nitrogen and oxygen atoms in total. The summed E-state index contributed by atoms with van der Waals surface area (Å²) in [6.45, 7) is 1.76. The molecule has 124 valence electrons. The van der Waals surface area contributed by atoms with Crippen molar-refractivity contribution in [1.29, 1.82) is 0 Å². The summed E-state index contributed by atoms with van der Waals surface area (Å²) in [7, 11) is 0. The highest BCUT2D eigenvalue weighted by molar-refractivity contribution is 5.89. The normalized spacial score (nSPS) is 22.2. The summed E-state index contributed by atoms with van der Waals surface area (Å²) in [5.74, 6) is 2.50. The van der Waals surface area contributed by atoms with Crippen LogP contribution in [0, 0.1) is 11.8 Å². The van der Waals surface area contributed by atoms with E-state index in [1.807, 2.05) is 11.0 Å². The van der Waals surface area contributed by atoms with Gasteiger partial charge in [-0.1, -0.05) is 6.42 Å². The molecule has 1 aliphatic heterocycles. The number of nitrogens with zero attached hydrogens (tertiary/aromatic N) is 3. The van der Waals surface area contributed by atoms with Crippen LogP contribution in [0.4, 0.5) is 10.5 Å². The first kappa shape index (κ1) is 14.9. The highest BCUT2D eigenvalue weighted by Gasteiger charge is 2.37. The predicted molar refractivity (Wildman–Crippen MR) is 90.0 cm³/mol. The van der Waals surface area contributed by atoms with Gasteiger partial charge >= 0.3 is 6.03 Å². The van der Waals surface area contributed by atoms with Gasteiger partial charge in [0, 0.05) is 25.4 Å². The maximum atomic E-state index is 12.4. The van der Waals surface area contributed by atoms with E-state index in [-0.39, 0.29) is 6.03 Å². The van der Waals surface area contributed by atoms with Crippen LogP contribution >= 0.6 is 0 Å². The summed E-state index contributed by atoms with van der Waals surface area (Å²) in [5.41, 5.74) is 0.676. The molecule has 2 amide bonds. The Hall–Kier alpha value is -2.63. The molecular formula is C18H20N4O2. The van der Waals surface area contributed by atoms with Crippen molar-refractivity contribution < 1.29 is 9.53 Å². The summed E-state index contributed by atoms with van der Waals surface area (Å²) in [6, 6.07) is 7.12. The van der Waals surface area contributed by atoms with Crippen LogP contribution in [0.3, 0.4) is 0 Å². The van der Waals surface area contributed by atoms with E-state index in [9.17, 15) is 4.79 Å². The standard InChI is InChI=1S/C18H20N4O2/c23-18(22-11-13-3-1-4-14(13)12-22)21-15-6-7-17(20-9-15)24-16-5-2-8-19-10-16/h2,5-10,13-14H,1,3-4,11-12H2,(H,21,23)/t13-,14+. The molecule has 0 spiro atoms. The van der Waals surface area contributed by atoms with Crippen molar-refractivity contribution in [2.24, 2.45) is 11.8 Å². The highest BCUT2D eigenvalue weighted by atomic mass is 16.5. The summed E-state index contributed by atoms with van der Waals surface area (Å²) in [5, 5.41) is 2.92. The molecule has 0 aromatic carbocycles. The maximum absolute atomic E-state index is 12.4. The molecule has 2 aliphatic rings. The highest BCUT2D eigenvalue weighted by Crippen LogP contribution is 2.37. The zero-order valence-corrected chi connectivity index (χ0v) is 13.4. The van der Waals surface area contributed by atoms with E-state index in [4.69, 9.17) is 4.74 Å². The molecule has 2 atom stereocenters. The zero-order chi connectivity index (χ0) is 16.4. The molecule has 2 aromatic heterocycles. The number of likely N-dealkylation sites (tertiary alicyclic amines) is 1. The summed E-state index contributed by atoms with van der Waals surface area (Å²) < 4.78 is 5.59. The zero-order valence-electron chi connectivity index (χ0n) is 13.4. The Kier molecular flexibility index (Phi) is 4.02. The molecule has 1 aliphatic carbocycles. The van der Waals surface area contributed by atoms with Gasteiger partial charge in [-0.3, -0.25) is 4.98 Å². The molecule has 6 heteroatoms. The average Bonchev–Trinajstić information content (AvgIpc) is 3.19. The summed E-state index contributed by atoms with van der Waals surface area (Å²) >= 11 is 0. The quantitative estimate of drug-likeness (QED) is 0.938. The van der Waals surface area contributed by atoms with E-state index in [0.717, 1.165) is 13.1 Å². The molecule has 0 unspecified atom stereocenters. The van der Waals surface area contributed by atoms with Gasteiger partial charge in [0.05, 0.1) is 18.1 Å². The molecule has 1 saturated heterocycles.